The van der Waals surface area contributed by atoms with Crippen LogP contribution in [0.3, 0.4) is 0 Å². The van der Waals surface area contributed by atoms with Crippen molar-refractivity contribution in [3.05, 3.63) is 71.3 Å². The molecule has 0 saturated heterocycles. The summed E-state index contributed by atoms with van der Waals surface area (Å²) >= 11 is 2.30. The Labute approximate surface area is 387 Å². The molecule has 0 unspecified atom stereocenters. The van der Waals surface area contributed by atoms with Gasteiger partial charge in [-0.25, -0.2) is 41.5 Å². The molecule has 0 bridgehead atoms. The number of carbonyl (C=O) groups is 1. The van der Waals surface area contributed by atoms with Gasteiger partial charge in [0.2, 0.25) is 5.91 Å². The molecule has 2 aliphatic rings. The summed E-state index contributed by atoms with van der Waals surface area (Å²) in [5, 5.41) is 18.0. The predicted molar refractivity (Wildman–Crippen MR) is 255 cm³/mol. The maximum Gasteiger partial charge on any atom is 0.244 e. The van der Waals surface area contributed by atoms with Crippen LogP contribution in [0, 0.1) is 24.7 Å². The number of aromatic amines is 1. The Kier molecular flexibility index (Phi) is 14.6. The van der Waals surface area contributed by atoms with Gasteiger partial charge in [-0.3, -0.25) is 9.89 Å². The summed E-state index contributed by atoms with van der Waals surface area (Å²) in [7, 11) is 0.952. The van der Waals surface area contributed by atoms with Crippen LogP contribution in [0.2, 0.25) is 0 Å². The van der Waals surface area contributed by atoms with Crippen LogP contribution in [0.15, 0.2) is 57.2 Å². The van der Waals surface area contributed by atoms with Crippen molar-refractivity contribution >= 4 is 71.5 Å². The molecule has 0 spiro atoms. The maximum atomic E-state index is 12.7. The van der Waals surface area contributed by atoms with Gasteiger partial charge in [-0.1, -0.05) is 11.8 Å². The monoisotopic (exact) mass is 954 g/mol. The molecule has 3 N–H and O–H groups in total. The minimum atomic E-state index is -3.38. The maximum absolute atomic E-state index is 12.7. The number of sulfone groups is 2. The van der Waals surface area contributed by atoms with Crippen molar-refractivity contribution < 1.29 is 21.6 Å². The van der Waals surface area contributed by atoms with E-state index in [2.05, 4.69) is 57.7 Å². The van der Waals surface area contributed by atoms with E-state index in [0.717, 1.165) is 42.1 Å². The zero-order valence-electron chi connectivity index (χ0n) is 36.7. The lowest BCUT2D eigenvalue weighted by Gasteiger charge is -2.08. The lowest BCUT2D eigenvalue weighted by Crippen LogP contribution is -2.16. The number of terminal acetylenes is 2. The molecule has 65 heavy (non-hydrogen) atoms. The van der Waals surface area contributed by atoms with E-state index in [4.69, 9.17) is 12.8 Å². The molecule has 340 valence electrons. The van der Waals surface area contributed by atoms with Crippen molar-refractivity contribution in [2.45, 2.75) is 65.7 Å². The van der Waals surface area contributed by atoms with Crippen molar-refractivity contribution in [2.24, 2.45) is 0 Å². The quantitative estimate of drug-likeness (QED) is 0.0770. The summed E-state index contributed by atoms with van der Waals surface area (Å²) in [6.45, 7) is 2.89. The van der Waals surface area contributed by atoms with E-state index in [0.29, 0.717) is 91.2 Å². The summed E-state index contributed by atoms with van der Waals surface area (Å²) in [6.07, 6.45) is 19.9. The highest BCUT2D eigenvalue weighted by molar-refractivity contribution is 7.93. The highest BCUT2D eigenvalue weighted by Crippen LogP contribution is 2.42. The molecule has 0 amide bonds. The minimum absolute atomic E-state index is 0.0803. The van der Waals surface area contributed by atoms with Crippen LogP contribution in [-0.4, -0.2) is 125 Å². The molecule has 21 heteroatoms. The minimum Gasteiger partial charge on any atom is -0.322 e. The molecular weight excluding hydrogens is 905 g/mol. The van der Waals surface area contributed by atoms with E-state index >= 15 is 0 Å². The molecule has 6 aromatic rings. The van der Waals surface area contributed by atoms with E-state index < -0.39 is 19.7 Å². The zero-order valence-corrected chi connectivity index (χ0v) is 40.0. The Morgan fingerprint density at radius 2 is 1.26 bits per heavy atom. The van der Waals surface area contributed by atoms with E-state index in [-0.39, 0.29) is 21.6 Å². The van der Waals surface area contributed by atoms with E-state index in [1.54, 1.807) is 30.5 Å². The van der Waals surface area contributed by atoms with Crippen molar-refractivity contribution in [1.82, 2.24) is 49.7 Å². The lowest BCUT2D eigenvalue weighted by atomic mass is 10.3. The van der Waals surface area contributed by atoms with Crippen molar-refractivity contribution in [1.29, 1.82) is 0 Å². The Balaban J connectivity index is 0.000000195. The number of nitrogens with zero attached hydrogens (tertiary/aromatic N) is 9. The normalized spacial score (nSPS) is 13.9. The van der Waals surface area contributed by atoms with Crippen molar-refractivity contribution in [2.75, 3.05) is 63.4 Å². The average molecular weight is 955 g/mol. The largest absolute Gasteiger partial charge is 0.322 e. The number of rotatable bonds is 18. The van der Waals surface area contributed by atoms with Gasteiger partial charge in [0.1, 0.15) is 8.42 Å². The van der Waals surface area contributed by atoms with Crippen LogP contribution < -0.4 is 10.6 Å². The van der Waals surface area contributed by atoms with Gasteiger partial charge in [-0.15, -0.1) is 40.6 Å². The number of nitrogens with one attached hydrogen (secondary N) is 3. The first kappa shape index (κ1) is 47.2. The lowest BCUT2D eigenvalue weighted by molar-refractivity contribution is 0.0917. The number of carbonyl (C=O) groups excluding carboxylic acids is 1. The first-order valence-electron chi connectivity index (χ1n) is 20.9. The molecule has 8 rings (SSSR count). The van der Waals surface area contributed by atoms with Crippen molar-refractivity contribution in [3.8, 4) is 46.1 Å². The highest BCUT2D eigenvalue weighted by Gasteiger charge is 2.30. The molecule has 0 radical (unpaired) electrons. The number of aromatic nitrogens is 8. The molecule has 2 aliphatic carbocycles. The standard InChI is InChI=1S/C23H26N6O3S2.C21H24N6O2S2/c1-5-16-14-24-23(19-9-10-21(33-19)34(31,32)12-6-11-28(3)4)26-22(16)25-20-13-18(17-7-8-17)29(27-20)15(2)30;1-4-14-13-22-21(24-20(14)23-18-12-16(25-26-18)15-6-7-15)17-8-9-19(30-17)31(28,29)11-5-10-27(2)3/h1,9-10,13-14,17H,6-8,11-12H2,2-4H3,(H,24,25,26,27);1,8-9,12-13,15H,5-7,10-11H2,2-3H3,(H2,22,23,24,25,26). The van der Waals surface area contributed by atoms with Crippen LogP contribution >= 0.6 is 22.7 Å². The second kappa shape index (κ2) is 20.1. The van der Waals surface area contributed by atoms with Crippen LogP contribution in [0.25, 0.3) is 21.4 Å². The van der Waals surface area contributed by atoms with Crippen LogP contribution in [0.1, 0.15) is 84.6 Å². The van der Waals surface area contributed by atoms with Crippen molar-refractivity contribution in [3.63, 3.8) is 0 Å². The fraction of sp³-hybridized carbons (Fsp3) is 0.386. The molecule has 0 aliphatic heterocycles. The third-order valence-corrected chi connectivity index (χ3v) is 17.2. The highest BCUT2D eigenvalue weighted by atomic mass is 32.2. The molecule has 17 nitrogen and oxygen atoms in total. The number of hydrogen-bond donors (Lipinski definition) is 3. The Bertz CT molecular complexity index is 2980. The summed E-state index contributed by atoms with van der Waals surface area (Å²) in [5.74, 6) is 8.76. The Hall–Kier alpha value is -5.81. The SMILES string of the molecule is C#Cc1cnc(-c2ccc(S(=O)(=O)CCCN(C)C)s2)nc1Nc1cc(C2CC2)[nH]n1.C#Cc1cnc(-c2ccc(S(=O)(=O)CCCN(C)C)s2)nc1Nc1cc(C2CC2)n(C(C)=O)n1. The first-order valence-corrected chi connectivity index (χ1v) is 25.8. The van der Waals surface area contributed by atoms with Gasteiger partial charge in [0, 0.05) is 49.0 Å². The summed E-state index contributed by atoms with van der Waals surface area (Å²) < 4.78 is 52.7. The van der Waals surface area contributed by atoms with Crippen LogP contribution in [-0.2, 0) is 19.7 Å². The van der Waals surface area contributed by atoms with E-state index in [1.807, 2.05) is 50.1 Å². The second-order valence-corrected chi connectivity index (χ2v) is 23.1. The van der Waals surface area contributed by atoms with Gasteiger partial charge >= 0.3 is 0 Å². The zero-order chi connectivity index (χ0) is 46.5. The van der Waals surface area contributed by atoms with Gasteiger partial charge in [-0.05, 0) is 104 Å². The third kappa shape index (κ3) is 12.1. The summed E-state index contributed by atoms with van der Waals surface area (Å²) in [4.78, 5) is 34.9. The summed E-state index contributed by atoms with van der Waals surface area (Å²) in [6, 6.07) is 10.4. The Morgan fingerprint density at radius 3 is 1.71 bits per heavy atom. The molecule has 6 heterocycles. The first-order chi connectivity index (χ1) is 31.0. The number of H-pyrrole nitrogens is 1. The molecular formula is C44H50N12O5S4. The molecule has 6 aromatic heterocycles. The van der Waals surface area contributed by atoms with Gasteiger partial charge in [-0.2, -0.15) is 5.10 Å². The Morgan fingerprint density at radius 1 is 0.769 bits per heavy atom. The van der Waals surface area contributed by atoms with Gasteiger partial charge in [0.05, 0.1) is 38.1 Å². The fourth-order valence-electron chi connectivity index (χ4n) is 6.59. The predicted octanol–water partition coefficient (Wildman–Crippen LogP) is 6.65. The second-order valence-electron chi connectivity index (χ2n) is 16.3. The van der Waals surface area contributed by atoms with Gasteiger partial charge < -0.3 is 20.4 Å². The van der Waals surface area contributed by atoms with Crippen LogP contribution in [0.4, 0.5) is 23.3 Å². The molecule has 0 atom stereocenters. The van der Waals surface area contributed by atoms with Crippen LogP contribution in [0.5, 0.6) is 0 Å². The van der Waals surface area contributed by atoms with Gasteiger partial charge in [0.25, 0.3) is 0 Å². The number of hydrogen-bond acceptors (Lipinski definition) is 17. The molecule has 2 saturated carbocycles. The topological polar surface area (TPSA) is 214 Å². The number of thiophene rings is 2. The van der Waals surface area contributed by atoms with Gasteiger partial charge in [0.15, 0.2) is 54.6 Å². The van der Waals surface area contributed by atoms with E-state index in [1.165, 1.54) is 42.0 Å². The fourth-order valence-corrected chi connectivity index (χ4v) is 12.0. The average Bonchev–Trinajstić information content (AvgIpc) is 4.02. The molecule has 0 aromatic carbocycles. The number of anilines is 4. The van der Waals surface area contributed by atoms with E-state index in [9.17, 15) is 21.6 Å². The third-order valence-electron chi connectivity index (χ3n) is 10.3. The molecule has 2 fully saturated rings. The smallest absolute Gasteiger partial charge is 0.244 e. The summed E-state index contributed by atoms with van der Waals surface area (Å²) in [5.41, 5.74) is 2.91.